The number of hydrogen-bond donors (Lipinski definition) is 0. The Balaban J connectivity index is 2.42. The van der Waals surface area contributed by atoms with Crippen LogP contribution in [0.25, 0.3) is 0 Å². The van der Waals surface area contributed by atoms with Gasteiger partial charge in [-0.05, 0) is 33.4 Å². The Bertz CT molecular complexity index is 226. The summed E-state index contributed by atoms with van der Waals surface area (Å²) in [4.78, 5) is 16.1. The predicted molar refractivity (Wildman–Crippen MR) is 67.7 cm³/mol. The van der Waals surface area contributed by atoms with E-state index in [1.165, 1.54) is 6.42 Å². The topological polar surface area (TPSA) is 23.6 Å². The van der Waals surface area contributed by atoms with Crippen molar-refractivity contribution < 1.29 is 4.79 Å². The van der Waals surface area contributed by atoms with Crippen LogP contribution in [0.4, 0.5) is 0 Å². The van der Waals surface area contributed by atoms with Gasteiger partial charge >= 0.3 is 0 Å². The smallest absolute Gasteiger partial charge is 0.131 e. The van der Waals surface area contributed by atoms with Gasteiger partial charge in [-0.25, -0.2) is 0 Å². The van der Waals surface area contributed by atoms with Crippen LogP contribution in [0.15, 0.2) is 0 Å². The first-order valence-corrected chi connectivity index (χ1v) is 6.56. The van der Waals surface area contributed by atoms with E-state index in [-0.39, 0.29) is 0 Å². The zero-order chi connectivity index (χ0) is 12.1. The van der Waals surface area contributed by atoms with Crippen molar-refractivity contribution in [1.82, 2.24) is 9.80 Å². The van der Waals surface area contributed by atoms with Crippen LogP contribution in [-0.2, 0) is 4.79 Å². The van der Waals surface area contributed by atoms with E-state index >= 15 is 0 Å². The molecule has 0 spiro atoms. The van der Waals surface area contributed by atoms with Gasteiger partial charge in [0.1, 0.15) is 5.78 Å². The highest BCUT2D eigenvalue weighted by Crippen LogP contribution is 2.19. The van der Waals surface area contributed by atoms with Gasteiger partial charge in [-0.1, -0.05) is 13.8 Å². The van der Waals surface area contributed by atoms with Crippen LogP contribution in [0.2, 0.25) is 0 Å². The van der Waals surface area contributed by atoms with Crippen molar-refractivity contribution in [2.24, 2.45) is 0 Å². The second-order valence-electron chi connectivity index (χ2n) is 4.91. The van der Waals surface area contributed by atoms with E-state index in [9.17, 15) is 4.79 Å². The lowest BCUT2D eigenvalue weighted by molar-refractivity contribution is -0.118. The Morgan fingerprint density at radius 2 is 2.06 bits per heavy atom. The van der Waals surface area contributed by atoms with E-state index in [1.807, 2.05) is 0 Å². The fourth-order valence-corrected chi connectivity index (χ4v) is 2.75. The Morgan fingerprint density at radius 1 is 1.44 bits per heavy atom. The van der Waals surface area contributed by atoms with Crippen LogP contribution >= 0.6 is 0 Å². The van der Waals surface area contributed by atoms with Crippen LogP contribution in [-0.4, -0.2) is 53.8 Å². The van der Waals surface area contributed by atoms with Crippen molar-refractivity contribution in [3.05, 3.63) is 0 Å². The molecule has 0 saturated carbocycles. The molecule has 94 valence electrons. The van der Waals surface area contributed by atoms with Crippen molar-refractivity contribution in [2.45, 2.75) is 52.6 Å². The Hall–Kier alpha value is -0.410. The summed E-state index contributed by atoms with van der Waals surface area (Å²) in [6.45, 7) is 12.9. The molecule has 3 heteroatoms. The molecule has 0 bridgehead atoms. The number of nitrogens with zero attached hydrogens (tertiary/aromatic N) is 2. The molecule has 0 radical (unpaired) electrons. The molecule has 1 aliphatic heterocycles. The second-order valence-corrected chi connectivity index (χ2v) is 4.91. The number of rotatable bonds is 6. The third-order valence-electron chi connectivity index (χ3n) is 3.73. The van der Waals surface area contributed by atoms with Crippen LogP contribution in [0.3, 0.4) is 0 Å². The average molecular weight is 226 g/mol. The van der Waals surface area contributed by atoms with E-state index in [0.29, 0.717) is 24.3 Å². The number of carbonyl (C=O) groups excluding carboxylic acids is 1. The first-order chi connectivity index (χ1) is 7.58. The van der Waals surface area contributed by atoms with Crippen LogP contribution in [0, 0.1) is 0 Å². The quantitative estimate of drug-likeness (QED) is 0.689. The second kappa shape index (κ2) is 6.36. The van der Waals surface area contributed by atoms with Gasteiger partial charge in [-0.2, -0.15) is 0 Å². The largest absolute Gasteiger partial charge is 0.300 e. The molecule has 0 aliphatic carbocycles. The van der Waals surface area contributed by atoms with E-state index in [0.717, 1.165) is 26.2 Å². The molecule has 1 aliphatic rings. The maximum Gasteiger partial charge on any atom is 0.131 e. The van der Waals surface area contributed by atoms with Gasteiger partial charge in [-0.15, -0.1) is 0 Å². The van der Waals surface area contributed by atoms with Gasteiger partial charge in [0.2, 0.25) is 0 Å². The van der Waals surface area contributed by atoms with Gasteiger partial charge < -0.3 is 0 Å². The summed E-state index contributed by atoms with van der Waals surface area (Å²) in [6, 6.07) is 1.11. The lowest BCUT2D eigenvalue weighted by Gasteiger charge is -2.28. The number of carbonyl (C=O) groups is 1. The van der Waals surface area contributed by atoms with Crippen LogP contribution in [0.1, 0.15) is 40.5 Å². The zero-order valence-electron chi connectivity index (χ0n) is 11.2. The van der Waals surface area contributed by atoms with Crippen LogP contribution < -0.4 is 0 Å². The van der Waals surface area contributed by atoms with Gasteiger partial charge in [0.05, 0.1) is 0 Å². The molecule has 0 aromatic rings. The molecule has 2 unspecified atom stereocenters. The summed E-state index contributed by atoms with van der Waals surface area (Å²) in [5, 5.41) is 0. The molecule has 0 aromatic heterocycles. The van der Waals surface area contributed by atoms with Gasteiger partial charge in [0.25, 0.3) is 0 Å². The summed E-state index contributed by atoms with van der Waals surface area (Å²) >= 11 is 0. The molecule has 16 heavy (non-hydrogen) atoms. The molecule has 0 aromatic carbocycles. The molecular formula is C13H26N2O. The molecule has 1 heterocycles. The number of likely N-dealkylation sites (N-methyl/N-ethyl adjacent to an activating group) is 1. The lowest BCUT2D eigenvalue weighted by Crippen LogP contribution is -2.39. The normalized spacial score (nSPS) is 23.9. The van der Waals surface area contributed by atoms with Crippen molar-refractivity contribution in [2.75, 3.05) is 26.2 Å². The highest BCUT2D eigenvalue weighted by atomic mass is 16.1. The number of ketones is 1. The summed E-state index contributed by atoms with van der Waals surface area (Å²) in [6.07, 6.45) is 1.95. The van der Waals surface area contributed by atoms with E-state index in [1.54, 1.807) is 6.92 Å². The summed E-state index contributed by atoms with van der Waals surface area (Å²) in [7, 11) is 0. The highest BCUT2D eigenvalue weighted by molar-refractivity contribution is 5.76. The Morgan fingerprint density at radius 3 is 2.56 bits per heavy atom. The van der Waals surface area contributed by atoms with Gasteiger partial charge in [-0.3, -0.25) is 14.6 Å². The maximum atomic E-state index is 11.1. The van der Waals surface area contributed by atoms with Crippen molar-refractivity contribution in [3.63, 3.8) is 0 Å². The lowest BCUT2D eigenvalue weighted by atomic mass is 10.1. The molecule has 1 rings (SSSR count). The Kier molecular flexibility index (Phi) is 5.42. The molecule has 0 amide bonds. The van der Waals surface area contributed by atoms with Crippen molar-refractivity contribution in [1.29, 1.82) is 0 Å². The first kappa shape index (κ1) is 13.7. The Labute approximate surface area is 99.8 Å². The molecule has 0 N–H and O–H groups in total. The summed E-state index contributed by atoms with van der Waals surface area (Å²) in [5.41, 5.74) is 0. The molecule has 2 atom stereocenters. The SMILES string of the molecule is CCN(CC)C1CCN(C(C)CC(C)=O)C1. The molecule has 1 saturated heterocycles. The monoisotopic (exact) mass is 226 g/mol. The minimum atomic E-state index is 0.304. The number of Topliss-reactive ketones (excluding diaryl/α,β-unsaturated/α-hetero) is 1. The third kappa shape index (κ3) is 3.56. The minimum Gasteiger partial charge on any atom is -0.300 e. The molecule has 1 fully saturated rings. The number of likely N-dealkylation sites (tertiary alicyclic amines) is 1. The fourth-order valence-electron chi connectivity index (χ4n) is 2.75. The third-order valence-corrected chi connectivity index (χ3v) is 3.73. The maximum absolute atomic E-state index is 11.1. The zero-order valence-corrected chi connectivity index (χ0v) is 11.2. The summed E-state index contributed by atoms with van der Waals surface area (Å²) < 4.78 is 0. The number of hydrogen-bond acceptors (Lipinski definition) is 3. The summed E-state index contributed by atoms with van der Waals surface area (Å²) in [5.74, 6) is 0.304. The highest BCUT2D eigenvalue weighted by Gasteiger charge is 2.28. The van der Waals surface area contributed by atoms with E-state index < -0.39 is 0 Å². The van der Waals surface area contributed by atoms with Crippen LogP contribution in [0.5, 0.6) is 0 Å². The fraction of sp³-hybridized carbons (Fsp3) is 0.923. The molecular weight excluding hydrogens is 200 g/mol. The minimum absolute atomic E-state index is 0.304. The molecule has 3 nitrogen and oxygen atoms in total. The van der Waals surface area contributed by atoms with Gasteiger partial charge in [0, 0.05) is 31.6 Å². The van der Waals surface area contributed by atoms with E-state index in [2.05, 4.69) is 30.6 Å². The predicted octanol–water partition coefficient (Wildman–Crippen LogP) is 1.77. The average Bonchev–Trinajstić information content (AvgIpc) is 2.68. The standard InChI is InChI=1S/C13H26N2O/c1-5-14(6-2)13-7-8-15(10-13)11(3)9-12(4)16/h11,13H,5-10H2,1-4H3. The van der Waals surface area contributed by atoms with E-state index in [4.69, 9.17) is 0 Å². The van der Waals surface area contributed by atoms with Crippen molar-refractivity contribution >= 4 is 5.78 Å². The first-order valence-electron chi connectivity index (χ1n) is 6.56. The van der Waals surface area contributed by atoms with Crippen molar-refractivity contribution in [3.8, 4) is 0 Å². The van der Waals surface area contributed by atoms with Gasteiger partial charge in [0.15, 0.2) is 0 Å².